The van der Waals surface area contributed by atoms with Gasteiger partial charge in [0.15, 0.2) is 0 Å². The number of ether oxygens (including phenoxy) is 1. The molecular formula is C22H26N2O4. The van der Waals surface area contributed by atoms with E-state index in [0.717, 1.165) is 24.8 Å². The molecule has 0 unspecified atom stereocenters. The molecule has 1 saturated heterocycles. The first kappa shape index (κ1) is 19.9. The lowest BCUT2D eigenvalue weighted by molar-refractivity contribution is 0.0682. The summed E-state index contributed by atoms with van der Waals surface area (Å²) in [5.41, 5.74) is 1.62. The van der Waals surface area contributed by atoms with Crippen molar-refractivity contribution in [2.45, 2.75) is 39.2 Å². The molecule has 1 fully saturated rings. The van der Waals surface area contributed by atoms with E-state index in [1.807, 2.05) is 30.9 Å². The highest BCUT2D eigenvalue weighted by Gasteiger charge is 2.25. The third-order valence-electron chi connectivity index (χ3n) is 4.96. The van der Waals surface area contributed by atoms with E-state index in [1.54, 1.807) is 30.3 Å². The van der Waals surface area contributed by atoms with Crippen molar-refractivity contribution in [3.8, 4) is 5.88 Å². The number of likely N-dealkylation sites (tertiary alicyclic amines) is 1. The van der Waals surface area contributed by atoms with Crippen LogP contribution in [0.4, 0.5) is 0 Å². The Morgan fingerprint density at radius 3 is 2.54 bits per heavy atom. The number of benzene rings is 1. The Hall–Kier alpha value is -2.89. The number of amides is 1. The number of carbonyl (C=O) groups excluding carboxylic acids is 1. The Morgan fingerprint density at radius 2 is 1.86 bits per heavy atom. The quantitative estimate of drug-likeness (QED) is 0.825. The summed E-state index contributed by atoms with van der Waals surface area (Å²) in [5, 5.41) is 9.34. The van der Waals surface area contributed by atoms with Gasteiger partial charge in [0.05, 0.1) is 11.7 Å². The van der Waals surface area contributed by atoms with Crippen molar-refractivity contribution in [1.82, 2.24) is 9.88 Å². The van der Waals surface area contributed by atoms with Gasteiger partial charge in [-0.1, -0.05) is 24.3 Å². The molecule has 0 bridgehead atoms. The zero-order valence-corrected chi connectivity index (χ0v) is 16.3. The highest BCUT2D eigenvalue weighted by molar-refractivity contribution is 5.92. The number of hydrogen-bond acceptors (Lipinski definition) is 4. The van der Waals surface area contributed by atoms with Gasteiger partial charge in [0.1, 0.15) is 5.69 Å². The highest BCUT2D eigenvalue weighted by Crippen LogP contribution is 2.24. The summed E-state index contributed by atoms with van der Waals surface area (Å²) in [5.74, 6) is -0.148. The molecule has 0 radical (unpaired) electrons. The molecule has 1 aliphatic rings. The monoisotopic (exact) mass is 382 g/mol. The lowest BCUT2D eigenvalue weighted by Gasteiger charge is -2.32. The van der Waals surface area contributed by atoms with E-state index in [9.17, 15) is 14.7 Å². The third-order valence-corrected chi connectivity index (χ3v) is 4.96. The molecule has 0 spiro atoms. The number of carboxylic acid groups (broad SMARTS) is 1. The van der Waals surface area contributed by atoms with Gasteiger partial charge in [0.2, 0.25) is 5.88 Å². The second kappa shape index (κ2) is 8.87. The molecule has 2 heterocycles. The smallest absolute Gasteiger partial charge is 0.335 e. The first-order valence-electron chi connectivity index (χ1n) is 9.68. The van der Waals surface area contributed by atoms with Crippen LogP contribution in [0.5, 0.6) is 5.88 Å². The van der Waals surface area contributed by atoms with Crippen LogP contribution in [-0.4, -0.2) is 46.1 Å². The van der Waals surface area contributed by atoms with Gasteiger partial charge in [0.25, 0.3) is 5.91 Å². The minimum atomic E-state index is -0.891. The van der Waals surface area contributed by atoms with Crippen molar-refractivity contribution in [2.24, 2.45) is 5.92 Å². The molecule has 1 N–H and O–H groups in total. The fourth-order valence-corrected chi connectivity index (χ4v) is 3.56. The van der Waals surface area contributed by atoms with Crippen LogP contribution in [0.25, 0.3) is 0 Å². The molecule has 1 amide bonds. The molecule has 28 heavy (non-hydrogen) atoms. The Balaban J connectivity index is 1.60. The maximum Gasteiger partial charge on any atom is 0.335 e. The minimum absolute atomic E-state index is 0.00211. The number of aromatic nitrogens is 1. The van der Waals surface area contributed by atoms with Gasteiger partial charge in [-0.2, -0.15) is 0 Å². The van der Waals surface area contributed by atoms with Crippen molar-refractivity contribution in [3.05, 3.63) is 59.3 Å². The van der Waals surface area contributed by atoms with E-state index < -0.39 is 5.97 Å². The number of piperidine rings is 1. The molecule has 6 nitrogen and oxygen atoms in total. The van der Waals surface area contributed by atoms with Crippen molar-refractivity contribution in [3.63, 3.8) is 0 Å². The largest absolute Gasteiger partial charge is 0.478 e. The highest BCUT2D eigenvalue weighted by atomic mass is 16.5. The molecule has 0 atom stereocenters. The second-order valence-corrected chi connectivity index (χ2v) is 7.43. The molecule has 2 aromatic rings. The zero-order valence-electron chi connectivity index (χ0n) is 16.3. The van der Waals surface area contributed by atoms with Crippen LogP contribution in [-0.2, 0) is 6.42 Å². The van der Waals surface area contributed by atoms with E-state index in [4.69, 9.17) is 4.74 Å². The standard InChI is InChI=1S/C22H26N2O4/c1-15(2)28-20-9-5-8-19(23-20)21(25)24-12-10-16(11-13-24)14-17-6-3-4-7-18(17)22(26)27/h3-9,15-16H,10-14H2,1-2H3,(H,26,27). The molecule has 1 aromatic carbocycles. The van der Waals surface area contributed by atoms with Crippen LogP contribution in [0.3, 0.4) is 0 Å². The van der Waals surface area contributed by atoms with Crippen LogP contribution < -0.4 is 4.74 Å². The predicted octanol–water partition coefficient (Wildman–Crippen LogP) is 3.66. The molecule has 1 aliphatic heterocycles. The van der Waals surface area contributed by atoms with Gasteiger partial charge >= 0.3 is 5.97 Å². The van der Waals surface area contributed by atoms with E-state index in [-0.39, 0.29) is 12.0 Å². The minimum Gasteiger partial charge on any atom is -0.478 e. The van der Waals surface area contributed by atoms with Gasteiger partial charge in [-0.05, 0) is 56.7 Å². The Morgan fingerprint density at radius 1 is 1.14 bits per heavy atom. The number of pyridine rings is 1. The summed E-state index contributed by atoms with van der Waals surface area (Å²) in [6, 6.07) is 12.4. The number of carboxylic acids is 1. The lowest BCUT2D eigenvalue weighted by Crippen LogP contribution is -2.39. The Bertz CT molecular complexity index is 842. The Kier molecular flexibility index (Phi) is 6.29. The second-order valence-electron chi connectivity index (χ2n) is 7.43. The topological polar surface area (TPSA) is 79.7 Å². The summed E-state index contributed by atoms with van der Waals surface area (Å²) in [6.45, 7) is 5.14. The molecule has 148 valence electrons. The van der Waals surface area contributed by atoms with E-state index in [1.165, 1.54) is 0 Å². The first-order valence-corrected chi connectivity index (χ1v) is 9.68. The number of aromatic carboxylic acids is 1. The van der Waals surface area contributed by atoms with Crippen LogP contribution >= 0.6 is 0 Å². The fraction of sp³-hybridized carbons (Fsp3) is 0.409. The molecule has 1 aromatic heterocycles. The molecule has 0 aliphatic carbocycles. The first-order chi connectivity index (χ1) is 13.4. The van der Waals surface area contributed by atoms with Crippen molar-refractivity contribution in [1.29, 1.82) is 0 Å². The van der Waals surface area contributed by atoms with Gasteiger partial charge in [-0.25, -0.2) is 9.78 Å². The molecule has 0 saturated carbocycles. The van der Waals surface area contributed by atoms with Crippen LogP contribution in [0.1, 0.15) is 53.1 Å². The van der Waals surface area contributed by atoms with Crippen molar-refractivity contribution in [2.75, 3.05) is 13.1 Å². The lowest BCUT2D eigenvalue weighted by atomic mass is 9.88. The van der Waals surface area contributed by atoms with E-state index in [2.05, 4.69) is 4.98 Å². The van der Waals surface area contributed by atoms with Gasteiger partial charge in [-0.15, -0.1) is 0 Å². The van der Waals surface area contributed by atoms with Crippen LogP contribution in [0, 0.1) is 5.92 Å². The van der Waals surface area contributed by atoms with Crippen LogP contribution in [0.15, 0.2) is 42.5 Å². The van der Waals surface area contributed by atoms with Crippen molar-refractivity contribution < 1.29 is 19.4 Å². The van der Waals surface area contributed by atoms with E-state index in [0.29, 0.717) is 36.1 Å². The summed E-state index contributed by atoms with van der Waals surface area (Å²) >= 11 is 0. The summed E-state index contributed by atoms with van der Waals surface area (Å²) < 4.78 is 5.58. The normalized spacial score (nSPS) is 14.9. The molecular weight excluding hydrogens is 356 g/mol. The number of hydrogen-bond donors (Lipinski definition) is 1. The summed E-state index contributed by atoms with van der Waals surface area (Å²) in [6.07, 6.45) is 2.42. The van der Waals surface area contributed by atoms with Crippen LogP contribution in [0.2, 0.25) is 0 Å². The average Bonchev–Trinajstić information content (AvgIpc) is 2.68. The summed E-state index contributed by atoms with van der Waals surface area (Å²) in [7, 11) is 0. The molecule has 3 rings (SSSR count). The van der Waals surface area contributed by atoms with Gasteiger partial charge < -0.3 is 14.7 Å². The van der Waals surface area contributed by atoms with Gasteiger partial charge in [0, 0.05) is 19.2 Å². The fourth-order valence-electron chi connectivity index (χ4n) is 3.56. The SMILES string of the molecule is CC(C)Oc1cccc(C(=O)N2CCC(Cc3ccccc3C(=O)O)CC2)n1. The average molecular weight is 382 g/mol. The molecule has 6 heteroatoms. The Labute approximate surface area is 165 Å². The maximum atomic E-state index is 12.8. The van der Waals surface area contributed by atoms with E-state index >= 15 is 0 Å². The number of rotatable bonds is 6. The maximum absolute atomic E-state index is 12.8. The van der Waals surface area contributed by atoms with Crippen molar-refractivity contribution >= 4 is 11.9 Å². The summed E-state index contributed by atoms with van der Waals surface area (Å²) in [4.78, 5) is 30.3. The van der Waals surface area contributed by atoms with Gasteiger partial charge in [-0.3, -0.25) is 4.79 Å². The number of carbonyl (C=O) groups is 2. The number of nitrogens with zero attached hydrogens (tertiary/aromatic N) is 2. The zero-order chi connectivity index (χ0) is 20.1. The third kappa shape index (κ3) is 4.88. The predicted molar refractivity (Wildman–Crippen MR) is 106 cm³/mol.